The summed E-state index contributed by atoms with van der Waals surface area (Å²) in [6, 6.07) is 3.40. The van der Waals surface area contributed by atoms with Crippen molar-refractivity contribution < 1.29 is 8.42 Å². The predicted molar refractivity (Wildman–Crippen MR) is 67.7 cm³/mol. The average Bonchev–Trinajstić information content (AvgIpc) is 2.84. The Morgan fingerprint density at radius 2 is 2.22 bits per heavy atom. The third-order valence-electron chi connectivity index (χ3n) is 3.00. The molecule has 0 bridgehead atoms. The summed E-state index contributed by atoms with van der Waals surface area (Å²) >= 11 is 6.14. The zero-order chi connectivity index (χ0) is 12.9. The number of nitrogens with zero attached hydrogens (tertiary/aromatic N) is 2. The third kappa shape index (κ3) is 1.65. The number of imidazole rings is 1. The standard InChI is InChI=1S/C11H10ClN3O2S/c1-15-6-13-5-10(15)7-2-9(12)8-4-14-18(16,17)11(8)3-7/h2-3,5-6,14H,4H2,1H3. The number of benzene rings is 1. The Morgan fingerprint density at radius 1 is 1.44 bits per heavy atom. The lowest BCUT2D eigenvalue weighted by Crippen LogP contribution is -2.13. The van der Waals surface area contributed by atoms with Gasteiger partial charge in [0.15, 0.2) is 0 Å². The van der Waals surface area contributed by atoms with Gasteiger partial charge in [-0.25, -0.2) is 18.1 Å². The number of nitrogens with one attached hydrogen (secondary N) is 1. The van der Waals surface area contributed by atoms with Crippen LogP contribution < -0.4 is 4.72 Å². The van der Waals surface area contributed by atoms with Crippen LogP contribution in [0.15, 0.2) is 29.6 Å². The van der Waals surface area contributed by atoms with Crippen LogP contribution in [0.5, 0.6) is 0 Å². The van der Waals surface area contributed by atoms with Crippen LogP contribution in [0.2, 0.25) is 5.02 Å². The van der Waals surface area contributed by atoms with Crippen LogP contribution >= 0.6 is 11.6 Å². The minimum atomic E-state index is -3.42. The number of rotatable bonds is 1. The summed E-state index contributed by atoms with van der Waals surface area (Å²) in [5.41, 5.74) is 2.19. The van der Waals surface area contributed by atoms with Crippen LogP contribution in [0.1, 0.15) is 5.56 Å². The van der Waals surface area contributed by atoms with Crippen molar-refractivity contribution in [2.75, 3.05) is 0 Å². The first-order chi connectivity index (χ1) is 8.49. The Labute approximate surface area is 109 Å². The Hall–Kier alpha value is -1.37. The molecule has 18 heavy (non-hydrogen) atoms. The van der Waals surface area contributed by atoms with E-state index in [1.54, 1.807) is 24.7 Å². The highest BCUT2D eigenvalue weighted by Gasteiger charge is 2.28. The molecular formula is C11H10ClN3O2S. The summed E-state index contributed by atoms with van der Waals surface area (Å²) < 4.78 is 27.9. The molecule has 0 atom stereocenters. The van der Waals surface area contributed by atoms with Gasteiger partial charge < -0.3 is 4.57 Å². The molecule has 1 aliphatic heterocycles. The summed E-state index contributed by atoms with van der Waals surface area (Å²) in [6.07, 6.45) is 3.33. The number of aromatic nitrogens is 2. The SMILES string of the molecule is Cn1cncc1-c1cc(Cl)c2c(c1)S(=O)(=O)NC2. The molecule has 2 heterocycles. The van der Waals surface area contributed by atoms with Gasteiger partial charge in [0, 0.05) is 29.7 Å². The normalized spacial score (nSPS) is 16.8. The van der Waals surface area contributed by atoms with E-state index < -0.39 is 10.0 Å². The van der Waals surface area contributed by atoms with Crippen molar-refractivity contribution in [3.63, 3.8) is 0 Å². The average molecular weight is 284 g/mol. The van der Waals surface area contributed by atoms with Gasteiger partial charge in [-0.1, -0.05) is 11.6 Å². The van der Waals surface area contributed by atoms with Crippen LogP contribution in [-0.4, -0.2) is 18.0 Å². The molecule has 1 aromatic heterocycles. The monoisotopic (exact) mass is 283 g/mol. The van der Waals surface area contributed by atoms with Gasteiger partial charge in [0.05, 0.1) is 23.1 Å². The lowest BCUT2D eigenvalue weighted by Gasteiger charge is -2.06. The Morgan fingerprint density at radius 3 is 2.89 bits per heavy atom. The highest BCUT2D eigenvalue weighted by atomic mass is 35.5. The number of hydrogen-bond donors (Lipinski definition) is 1. The van der Waals surface area contributed by atoms with E-state index in [1.165, 1.54) is 0 Å². The fourth-order valence-electron chi connectivity index (χ4n) is 2.05. The molecule has 1 aliphatic rings. The fourth-order valence-corrected chi connectivity index (χ4v) is 3.67. The van der Waals surface area contributed by atoms with Gasteiger partial charge in [0.25, 0.3) is 0 Å². The van der Waals surface area contributed by atoms with E-state index >= 15 is 0 Å². The first-order valence-corrected chi connectivity index (χ1v) is 7.14. The minimum Gasteiger partial charge on any atom is -0.334 e. The van der Waals surface area contributed by atoms with E-state index in [1.807, 2.05) is 11.6 Å². The number of aryl methyl sites for hydroxylation is 1. The molecule has 94 valence electrons. The first kappa shape index (κ1) is 11.7. The second kappa shape index (κ2) is 3.81. The van der Waals surface area contributed by atoms with Crippen LogP contribution in [0.4, 0.5) is 0 Å². The number of halogens is 1. The van der Waals surface area contributed by atoms with E-state index in [0.717, 1.165) is 11.3 Å². The predicted octanol–water partition coefficient (Wildman–Crippen LogP) is 1.53. The molecule has 1 aromatic carbocycles. The molecule has 2 aromatic rings. The smallest absolute Gasteiger partial charge is 0.241 e. The highest BCUT2D eigenvalue weighted by Crippen LogP contribution is 2.34. The molecule has 0 saturated carbocycles. The van der Waals surface area contributed by atoms with Crippen molar-refractivity contribution >= 4 is 21.6 Å². The molecule has 3 rings (SSSR count). The van der Waals surface area contributed by atoms with E-state index in [0.29, 0.717) is 10.6 Å². The summed E-state index contributed by atoms with van der Waals surface area (Å²) in [5.74, 6) is 0. The van der Waals surface area contributed by atoms with Gasteiger partial charge in [-0.15, -0.1) is 0 Å². The molecule has 1 N–H and O–H groups in total. The maximum absolute atomic E-state index is 11.8. The Bertz CT molecular complexity index is 737. The minimum absolute atomic E-state index is 0.252. The molecular weight excluding hydrogens is 274 g/mol. The summed E-state index contributed by atoms with van der Waals surface area (Å²) in [5, 5.41) is 0.456. The van der Waals surface area contributed by atoms with Crippen LogP contribution in [0, 0.1) is 0 Å². The highest BCUT2D eigenvalue weighted by molar-refractivity contribution is 7.89. The van der Waals surface area contributed by atoms with Crippen molar-refractivity contribution in [2.45, 2.75) is 11.4 Å². The van der Waals surface area contributed by atoms with Crippen LogP contribution in [0.25, 0.3) is 11.3 Å². The van der Waals surface area contributed by atoms with Gasteiger partial charge in [-0.2, -0.15) is 0 Å². The second-order valence-corrected chi connectivity index (χ2v) is 6.29. The van der Waals surface area contributed by atoms with Gasteiger partial charge in [0.2, 0.25) is 10.0 Å². The van der Waals surface area contributed by atoms with Crippen LogP contribution in [-0.2, 0) is 23.6 Å². The quantitative estimate of drug-likeness (QED) is 0.863. The van der Waals surface area contributed by atoms with E-state index in [-0.39, 0.29) is 11.4 Å². The van der Waals surface area contributed by atoms with Gasteiger partial charge in [0.1, 0.15) is 0 Å². The van der Waals surface area contributed by atoms with E-state index in [2.05, 4.69) is 9.71 Å². The summed E-state index contributed by atoms with van der Waals surface area (Å²) in [4.78, 5) is 4.27. The Kier molecular flexibility index (Phi) is 2.48. The van der Waals surface area contributed by atoms with Crippen molar-refractivity contribution in [2.24, 2.45) is 7.05 Å². The van der Waals surface area contributed by atoms with Crippen molar-refractivity contribution in [3.05, 3.63) is 35.2 Å². The topological polar surface area (TPSA) is 64.0 Å². The molecule has 0 unspecified atom stereocenters. The molecule has 0 amide bonds. The summed E-state index contributed by atoms with van der Waals surface area (Å²) in [7, 11) is -1.58. The molecule has 0 fully saturated rings. The first-order valence-electron chi connectivity index (χ1n) is 5.28. The van der Waals surface area contributed by atoms with E-state index in [4.69, 9.17) is 11.6 Å². The maximum Gasteiger partial charge on any atom is 0.241 e. The number of fused-ring (bicyclic) bond motifs is 1. The Balaban J connectivity index is 2.27. The van der Waals surface area contributed by atoms with Gasteiger partial charge in [-0.05, 0) is 12.1 Å². The van der Waals surface area contributed by atoms with E-state index in [9.17, 15) is 8.42 Å². The fraction of sp³-hybridized carbons (Fsp3) is 0.182. The number of hydrogen-bond acceptors (Lipinski definition) is 3. The van der Waals surface area contributed by atoms with Gasteiger partial charge >= 0.3 is 0 Å². The van der Waals surface area contributed by atoms with Gasteiger partial charge in [-0.3, -0.25) is 0 Å². The molecule has 7 heteroatoms. The molecule has 0 saturated heterocycles. The second-order valence-electron chi connectivity index (χ2n) is 4.15. The number of sulfonamides is 1. The van der Waals surface area contributed by atoms with Crippen LogP contribution in [0.3, 0.4) is 0 Å². The lowest BCUT2D eigenvalue weighted by molar-refractivity contribution is 0.589. The third-order valence-corrected chi connectivity index (χ3v) is 4.80. The molecule has 0 radical (unpaired) electrons. The zero-order valence-corrected chi connectivity index (χ0v) is 11.1. The van der Waals surface area contributed by atoms with Crippen molar-refractivity contribution in [3.8, 4) is 11.3 Å². The lowest BCUT2D eigenvalue weighted by atomic mass is 10.1. The zero-order valence-electron chi connectivity index (χ0n) is 9.51. The van der Waals surface area contributed by atoms with Crippen molar-refractivity contribution in [1.82, 2.24) is 14.3 Å². The summed E-state index contributed by atoms with van der Waals surface area (Å²) in [6.45, 7) is 0.252. The molecule has 0 aliphatic carbocycles. The maximum atomic E-state index is 11.8. The van der Waals surface area contributed by atoms with Crippen molar-refractivity contribution in [1.29, 1.82) is 0 Å². The largest absolute Gasteiger partial charge is 0.334 e. The molecule has 0 spiro atoms. The molecule has 5 nitrogen and oxygen atoms in total.